The van der Waals surface area contributed by atoms with E-state index in [2.05, 4.69) is 6.92 Å². The summed E-state index contributed by atoms with van der Waals surface area (Å²) in [5, 5.41) is 9.50. The summed E-state index contributed by atoms with van der Waals surface area (Å²) in [4.78, 5) is 0. The molecular formula is C12H19NO2. The smallest absolute Gasteiger partial charge is 0.161 e. The zero-order chi connectivity index (χ0) is 11.3. The van der Waals surface area contributed by atoms with Crippen LogP contribution in [0.3, 0.4) is 0 Å². The number of hydrogen-bond acceptors (Lipinski definition) is 3. The Morgan fingerprint density at radius 2 is 2.13 bits per heavy atom. The van der Waals surface area contributed by atoms with Crippen LogP contribution >= 0.6 is 0 Å². The Morgan fingerprint density at radius 1 is 1.40 bits per heavy atom. The maximum absolute atomic E-state index is 9.50. The second-order valence-corrected chi connectivity index (χ2v) is 3.61. The second-order valence-electron chi connectivity index (χ2n) is 3.61. The third kappa shape index (κ3) is 3.44. The molecule has 3 nitrogen and oxygen atoms in total. The van der Waals surface area contributed by atoms with E-state index in [1.807, 2.05) is 19.1 Å². The highest BCUT2D eigenvalue weighted by Crippen LogP contribution is 2.27. The predicted octanol–water partition coefficient (Wildman–Crippen LogP) is 2.07. The molecule has 0 saturated carbocycles. The molecule has 15 heavy (non-hydrogen) atoms. The van der Waals surface area contributed by atoms with Gasteiger partial charge in [-0.05, 0) is 37.5 Å². The van der Waals surface area contributed by atoms with Crippen LogP contribution in [0.15, 0.2) is 18.2 Å². The third-order valence-corrected chi connectivity index (χ3v) is 2.35. The summed E-state index contributed by atoms with van der Waals surface area (Å²) in [6.45, 7) is 4.51. The van der Waals surface area contributed by atoms with Crippen LogP contribution in [0.4, 0.5) is 0 Å². The summed E-state index contributed by atoms with van der Waals surface area (Å²) < 4.78 is 5.30. The van der Waals surface area contributed by atoms with Crippen LogP contribution in [0.5, 0.6) is 11.5 Å². The summed E-state index contributed by atoms with van der Waals surface area (Å²) in [6, 6.07) is 5.56. The lowest BCUT2D eigenvalue weighted by molar-refractivity contribution is 0.317. The van der Waals surface area contributed by atoms with Crippen molar-refractivity contribution in [3.8, 4) is 11.5 Å². The Morgan fingerprint density at radius 3 is 2.73 bits per heavy atom. The van der Waals surface area contributed by atoms with Gasteiger partial charge in [0.2, 0.25) is 0 Å². The van der Waals surface area contributed by atoms with Crippen molar-refractivity contribution in [1.82, 2.24) is 0 Å². The molecule has 0 saturated heterocycles. The van der Waals surface area contributed by atoms with Gasteiger partial charge in [-0.15, -0.1) is 0 Å². The van der Waals surface area contributed by atoms with E-state index < -0.39 is 0 Å². The molecule has 3 heteroatoms. The first-order valence-electron chi connectivity index (χ1n) is 5.37. The van der Waals surface area contributed by atoms with E-state index in [0.717, 1.165) is 18.4 Å². The summed E-state index contributed by atoms with van der Waals surface area (Å²) in [6.07, 6.45) is 1.77. The van der Waals surface area contributed by atoms with E-state index in [4.69, 9.17) is 10.5 Å². The topological polar surface area (TPSA) is 55.5 Å². The largest absolute Gasteiger partial charge is 0.504 e. The van der Waals surface area contributed by atoms with Gasteiger partial charge in [-0.25, -0.2) is 0 Å². The number of rotatable bonds is 5. The lowest BCUT2D eigenvalue weighted by atomic mass is 10.0. The van der Waals surface area contributed by atoms with Crippen molar-refractivity contribution in [2.45, 2.75) is 32.7 Å². The van der Waals surface area contributed by atoms with Gasteiger partial charge in [0.05, 0.1) is 6.61 Å². The van der Waals surface area contributed by atoms with Gasteiger partial charge in [0.25, 0.3) is 0 Å². The molecule has 1 rings (SSSR count). The Kier molecular flexibility index (Phi) is 4.43. The molecule has 0 aliphatic rings. The number of aromatic hydroxyl groups is 1. The monoisotopic (exact) mass is 209 g/mol. The van der Waals surface area contributed by atoms with Crippen molar-refractivity contribution in [1.29, 1.82) is 0 Å². The highest BCUT2D eigenvalue weighted by atomic mass is 16.5. The van der Waals surface area contributed by atoms with E-state index in [0.29, 0.717) is 12.4 Å². The van der Waals surface area contributed by atoms with Crippen molar-refractivity contribution < 1.29 is 9.84 Å². The fourth-order valence-electron chi connectivity index (χ4n) is 1.40. The Bertz CT molecular complexity index is 312. The van der Waals surface area contributed by atoms with Crippen LogP contribution in [0.25, 0.3) is 0 Å². The number of phenolic OH excluding ortho intramolecular Hbond substituents is 1. The van der Waals surface area contributed by atoms with Crippen molar-refractivity contribution in [2.75, 3.05) is 6.61 Å². The predicted molar refractivity (Wildman–Crippen MR) is 61.2 cm³/mol. The lowest BCUT2D eigenvalue weighted by Gasteiger charge is -2.11. The summed E-state index contributed by atoms with van der Waals surface area (Å²) in [5.41, 5.74) is 6.97. The number of nitrogens with two attached hydrogens (primary N) is 1. The maximum Gasteiger partial charge on any atom is 0.161 e. The molecular weight excluding hydrogens is 190 g/mol. The molecule has 0 aliphatic heterocycles. The molecule has 84 valence electrons. The molecule has 0 aromatic heterocycles. The number of hydrogen-bond donors (Lipinski definition) is 2. The van der Waals surface area contributed by atoms with Gasteiger partial charge in [0.15, 0.2) is 11.5 Å². The summed E-state index contributed by atoms with van der Waals surface area (Å²) in [7, 11) is 0. The zero-order valence-corrected chi connectivity index (χ0v) is 9.36. The minimum Gasteiger partial charge on any atom is -0.504 e. The first kappa shape index (κ1) is 11.9. The van der Waals surface area contributed by atoms with Crippen LogP contribution in [-0.4, -0.2) is 17.8 Å². The van der Waals surface area contributed by atoms with Crippen LogP contribution in [0.2, 0.25) is 0 Å². The van der Waals surface area contributed by atoms with Crippen LogP contribution in [0.1, 0.15) is 25.8 Å². The number of ether oxygens (including phenoxy) is 1. The SMILES string of the molecule is CCOc1cc(CC(N)CC)ccc1O. The van der Waals surface area contributed by atoms with Gasteiger partial charge < -0.3 is 15.6 Å². The maximum atomic E-state index is 9.50. The molecule has 3 N–H and O–H groups in total. The minimum absolute atomic E-state index is 0.170. The molecule has 1 atom stereocenters. The summed E-state index contributed by atoms with van der Waals surface area (Å²) >= 11 is 0. The summed E-state index contributed by atoms with van der Waals surface area (Å²) in [5.74, 6) is 0.726. The standard InChI is InChI=1S/C12H19NO2/c1-3-10(13)7-9-5-6-11(14)12(8-9)15-4-2/h5-6,8,10,14H,3-4,7,13H2,1-2H3. The van der Waals surface area contributed by atoms with Gasteiger partial charge in [-0.1, -0.05) is 13.0 Å². The van der Waals surface area contributed by atoms with E-state index in [-0.39, 0.29) is 11.8 Å². The molecule has 0 heterocycles. The van der Waals surface area contributed by atoms with Gasteiger partial charge in [-0.2, -0.15) is 0 Å². The zero-order valence-electron chi connectivity index (χ0n) is 9.36. The quantitative estimate of drug-likeness (QED) is 0.780. The highest BCUT2D eigenvalue weighted by molar-refractivity contribution is 5.42. The van der Waals surface area contributed by atoms with E-state index in [1.165, 1.54) is 0 Å². The van der Waals surface area contributed by atoms with Crippen molar-refractivity contribution in [2.24, 2.45) is 5.73 Å². The second kappa shape index (κ2) is 5.61. The van der Waals surface area contributed by atoms with Gasteiger partial charge in [0.1, 0.15) is 0 Å². The van der Waals surface area contributed by atoms with Gasteiger partial charge >= 0.3 is 0 Å². The average Bonchev–Trinajstić information content (AvgIpc) is 2.23. The average molecular weight is 209 g/mol. The molecule has 0 amide bonds. The van der Waals surface area contributed by atoms with E-state index >= 15 is 0 Å². The Labute approximate surface area is 90.9 Å². The Hall–Kier alpha value is -1.22. The van der Waals surface area contributed by atoms with Crippen molar-refractivity contribution >= 4 is 0 Å². The molecule has 0 fully saturated rings. The molecule has 1 aromatic carbocycles. The molecule has 0 radical (unpaired) electrons. The fourth-order valence-corrected chi connectivity index (χ4v) is 1.40. The number of benzene rings is 1. The fraction of sp³-hybridized carbons (Fsp3) is 0.500. The minimum atomic E-state index is 0.170. The molecule has 1 unspecified atom stereocenters. The van der Waals surface area contributed by atoms with Gasteiger partial charge in [0, 0.05) is 6.04 Å². The Balaban J connectivity index is 2.77. The molecule has 0 aliphatic carbocycles. The van der Waals surface area contributed by atoms with Crippen LogP contribution in [-0.2, 0) is 6.42 Å². The third-order valence-electron chi connectivity index (χ3n) is 2.35. The van der Waals surface area contributed by atoms with Crippen LogP contribution < -0.4 is 10.5 Å². The molecule has 0 bridgehead atoms. The van der Waals surface area contributed by atoms with Crippen LogP contribution in [0, 0.1) is 0 Å². The normalized spacial score (nSPS) is 12.5. The first-order valence-corrected chi connectivity index (χ1v) is 5.37. The molecule has 1 aromatic rings. The number of phenols is 1. The first-order chi connectivity index (χ1) is 7.17. The van der Waals surface area contributed by atoms with Crippen molar-refractivity contribution in [3.05, 3.63) is 23.8 Å². The van der Waals surface area contributed by atoms with Gasteiger partial charge in [-0.3, -0.25) is 0 Å². The van der Waals surface area contributed by atoms with E-state index in [9.17, 15) is 5.11 Å². The molecule has 0 spiro atoms. The van der Waals surface area contributed by atoms with Crippen molar-refractivity contribution in [3.63, 3.8) is 0 Å². The van der Waals surface area contributed by atoms with E-state index in [1.54, 1.807) is 6.07 Å². The highest BCUT2D eigenvalue weighted by Gasteiger charge is 2.06. The lowest BCUT2D eigenvalue weighted by Crippen LogP contribution is -2.21.